The van der Waals surface area contributed by atoms with Crippen LogP contribution in [0.4, 0.5) is 10.5 Å². The molecule has 0 aliphatic carbocycles. The van der Waals surface area contributed by atoms with E-state index in [-0.39, 0.29) is 12.3 Å². The highest BCUT2D eigenvalue weighted by molar-refractivity contribution is 7.17. The van der Waals surface area contributed by atoms with E-state index in [0.717, 1.165) is 50.7 Å². The summed E-state index contributed by atoms with van der Waals surface area (Å²) >= 11 is 1.76. The van der Waals surface area contributed by atoms with Crippen molar-refractivity contribution in [2.24, 2.45) is 0 Å². The van der Waals surface area contributed by atoms with Gasteiger partial charge >= 0.3 is 6.09 Å². The Bertz CT molecular complexity index is 1590. The minimum Gasteiger partial charge on any atom is -0.494 e. The van der Waals surface area contributed by atoms with Gasteiger partial charge in [0.25, 0.3) is 5.56 Å². The van der Waals surface area contributed by atoms with Gasteiger partial charge in [-0.1, -0.05) is 83.6 Å². The molecule has 2 aromatic heterocycles. The van der Waals surface area contributed by atoms with E-state index in [1.807, 2.05) is 18.2 Å². The minimum atomic E-state index is -0.413. The lowest BCUT2D eigenvalue weighted by Gasteiger charge is -2.18. The van der Waals surface area contributed by atoms with Crippen LogP contribution in [0.15, 0.2) is 64.8 Å². The van der Waals surface area contributed by atoms with Crippen LogP contribution < -0.4 is 20.9 Å². The molecule has 2 heterocycles. The highest BCUT2D eigenvalue weighted by Gasteiger charge is 2.12. The van der Waals surface area contributed by atoms with Crippen molar-refractivity contribution in [1.82, 2.24) is 14.8 Å². The Hall–Kier alpha value is -3.56. The number of amides is 1. The number of aromatic nitrogens is 1. The standard InChI is InChI=1S/C40H58N4O4S/c1-3-4-5-6-7-8-9-10-11-12-13-15-28-43(2)40(46)48-32-44-37-31-34(22-20-33(37)21-23-39(44)45)47-29-16-14-25-41-26-27-42-36-18-17-19-38-35(36)24-30-49-38/h17-24,30-31,41-42H,3-16,25-29,32H2,1-2H3. The first-order valence-corrected chi connectivity index (χ1v) is 19.5. The summed E-state index contributed by atoms with van der Waals surface area (Å²) < 4.78 is 14.4. The molecule has 8 nitrogen and oxygen atoms in total. The number of carbonyl (C=O) groups is 1. The monoisotopic (exact) mass is 690 g/mol. The summed E-state index contributed by atoms with van der Waals surface area (Å²) in [6.45, 7) is 6.05. The summed E-state index contributed by atoms with van der Waals surface area (Å²) in [6.07, 6.45) is 16.9. The molecule has 0 fully saturated rings. The molecule has 9 heteroatoms. The number of hydrogen-bond donors (Lipinski definition) is 2. The second kappa shape index (κ2) is 22.2. The summed E-state index contributed by atoms with van der Waals surface area (Å²) in [5.74, 6) is 0.696. The molecule has 0 radical (unpaired) electrons. The van der Waals surface area contributed by atoms with E-state index in [1.54, 1.807) is 29.4 Å². The summed E-state index contributed by atoms with van der Waals surface area (Å²) in [4.78, 5) is 27.1. The molecule has 4 aromatic rings. The first-order valence-electron chi connectivity index (χ1n) is 18.6. The Morgan fingerprint density at radius 2 is 1.55 bits per heavy atom. The number of fused-ring (bicyclic) bond motifs is 2. The van der Waals surface area contributed by atoms with Crippen LogP contribution in [0, 0.1) is 0 Å². The fraction of sp³-hybridized carbons (Fsp3) is 0.550. The van der Waals surface area contributed by atoms with Gasteiger partial charge in [0.05, 0.1) is 12.1 Å². The highest BCUT2D eigenvalue weighted by Crippen LogP contribution is 2.27. The van der Waals surface area contributed by atoms with E-state index in [2.05, 4.69) is 47.2 Å². The maximum Gasteiger partial charge on any atom is 0.411 e. The van der Waals surface area contributed by atoms with Gasteiger partial charge in [0, 0.05) is 54.6 Å². The molecule has 268 valence electrons. The number of pyridine rings is 1. The average molecular weight is 691 g/mol. The van der Waals surface area contributed by atoms with Crippen molar-refractivity contribution in [2.75, 3.05) is 45.2 Å². The van der Waals surface area contributed by atoms with E-state index in [9.17, 15) is 9.59 Å². The summed E-state index contributed by atoms with van der Waals surface area (Å²) in [6, 6.07) is 17.6. The molecular weight excluding hydrogens is 633 g/mol. The van der Waals surface area contributed by atoms with Crippen LogP contribution in [-0.2, 0) is 11.5 Å². The Balaban J connectivity index is 1.09. The fourth-order valence-electron chi connectivity index (χ4n) is 6.10. The maximum absolute atomic E-state index is 12.8. The molecule has 0 aliphatic rings. The zero-order valence-corrected chi connectivity index (χ0v) is 30.7. The van der Waals surface area contributed by atoms with Crippen LogP contribution in [0.2, 0.25) is 0 Å². The average Bonchev–Trinajstić information content (AvgIpc) is 3.60. The molecule has 4 rings (SSSR count). The van der Waals surface area contributed by atoms with Crippen LogP contribution in [0.5, 0.6) is 5.75 Å². The van der Waals surface area contributed by atoms with Gasteiger partial charge < -0.3 is 25.0 Å². The maximum atomic E-state index is 12.8. The molecular formula is C40H58N4O4S. The molecule has 0 aliphatic heterocycles. The number of hydrogen-bond acceptors (Lipinski definition) is 7. The van der Waals surface area contributed by atoms with Gasteiger partial charge in [-0.15, -0.1) is 11.3 Å². The lowest BCUT2D eigenvalue weighted by Crippen LogP contribution is -2.31. The molecule has 0 saturated heterocycles. The van der Waals surface area contributed by atoms with E-state index < -0.39 is 6.09 Å². The van der Waals surface area contributed by atoms with Gasteiger partial charge in [0.2, 0.25) is 0 Å². The zero-order valence-electron chi connectivity index (χ0n) is 29.9. The van der Waals surface area contributed by atoms with Crippen LogP contribution in [-0.4, -0.2) is 55.4 Å². The Morgan fingerprint density at radius 3 is 2.33 bits per heavy atom. The predicted molar refractivity (Wildman–Crippen MR) is 206 cm³/mol. The predicted octanol–water partition coefficient (Wildman–Crippen LogP) is 9.80. The quantitative estimate of drug-likeness (QED) is 0.0674. The Morgan fingerprint density at radius 1 is 0.816 bits per heavy atom. The second-order valence-electron chi connectivity index (χ2n) is 13.0. The highest BCUT2D eigenvalue weighted by atomic mass is 32.1. The topological polar surface area (TPSA) is 84.8 Å². The third-order valence-corrected chi connectivity index (χ3v) is 9.95. The van der Waals surface area contributed by atoms with Crippen molar-refractivity contribution in [3.8, 4) is 5.75 Å². The Labute approximate surface area is 297 Å². The van der Waals surface area contributed by atoms with Crippen molar-refractivity contribution in [2.45, 2.75) is 104 Å². The van der Waals surface area contributed by atoms with Crippen LogP contribution in [0.3, 0.4) is 0 Å². The molecule has 2 N–H and O–H groups in total. The van der Waals surface area contributed by atoms with Crippen LogP contribution in [0.1, 0.15) is 96.8 Å². The number of rotatable bonds is 25. The molecule has 0 atom stereocenters. The SMILES string of the molecule is CCCCCCCCCCCCCCN(C)C(=O)OCn1c(=O)ccc2ccc(OCCCCNCCNc3cccc4sccc34)cc21. The lowest BCUT2D eigenvalue weighted by atomic mass is 10.1. The molecule has 0 saturated carbocycles. The molecule has 49 heavy (non-hydrogen) atoms. The van der Waals surface area contributed by atoms with Crippen LogP contribution in [0.25, 0.3) is 21.0 Å². The van der Waals surface area contributed by atoms with Crippen LogP contribution >= 0.6 is 11.3 Å². The minimum absolute atomic E-state index is 0.135. The first kappa shape index (κ1) is 38.2. The Kier molecular flexibility index (Phi) is 17.3. The van der Waals surface area contributed by atoms with Gasteiger partial charge in [-0.05, 0) is 73.0 Å². The van der Waals surface area contributed by atoms with Gasteiger partial charge in [-0.25, -0.2) is 4.79 Å². The van der Waals surface area contributed by atoms with Crippen molar-refractivity contribution < 1.29 is 14.3 Å². The summed E-state index contributed by atoms with van der Waals surface area (Å²) in [5.41, 5.74) is 1.66. The molecule has 2 aromatic carbocycles. The number of carbonyl (C=O) groups excluding carboxylic acids is 1. The number of nitrogens with zero attached hydrogens (tertiary/aromatic N) is 2. The smallest absolute Gasteiger partial charge is 0.411 e. The van der Waals surface area contributed by atoms with E-state index in [0.29, 0.717) is 24.4 Å². The lowest BCUT2D eigenvalue weighted by molar-refractivity contribution is 0.0827. The third-order valence-electron chi connectivity index (χ3n) is 9.07. The van der Waals surface area contributed by atoms with Crippen molar-refractivity contribution in [1.29, 1.82) is 0 Å². The molecule has 1 amide bonds. The van der Waals surface area contributed by atoms with E-state index >= 15 is 0 Å². The van der Waals surface area contributed by atoms with Gasteiger partial charge in [-0.2, -0.15) is 0 Å². The van der Waals surface area contributed by atoms with Gasteiger partial charge in [0.15, 0.2) is 6.73 Å². The number of thiophene rings is 1. The number of ether oxygens (including phenoxy) is 2. The number of benzene rings is 2. The number of unbranched alkanes of at least 4 members (excludes halogenated alkanes) is 12. The second-order valence-corrected chi connectivity index (χ2v) is 14.0. The first-order chi connectivity index (χ1) is 24.1. The van der Waals surface area contributed by atoms with Crippen molar-refractivity contribution in [3.05, 3.63) is 70.3 Å². The zero-order chi connectivity index (χ0) is 34.5. The fourth-order valence-corrected chi connectivity index (χ4v) is 6.92. The van der Waals surface area contributed by atoms with Crippen molar-refractivity contribution >= 4 is 44.1 Å². The normalized spacial score (nSPS) is 11.3. The summed E-state index contributed by atoms with van der Waals surface area (Å²) in [7, 11) is 1.76. The van der Waals surface area contributed by atoms with Crippen molar-refractivity contribution in [3.63, 3.8) is 0 Å². The van der Waals surface area contributed by atoms with Gasteiger partial charge in [-0.3, -0.25) is 9.36 Å². The summed E-state index contributed by atoms with van der Waals surface area (Å²) in [5, 5.41) is 11.3. The number of anilines is 1. The van der Waals surface area contributed by atoms with E-state index in [1.165, 1.54) is 90.6 Å². The van der Waals surface area contributed by atoms with E-state index in [4.69, 9.17) is 9.47 Å². The largest absolute Gasteiger partial charge is 0.494 e. The molecule has 0 bridgehead atoms. The third kappa shape index (κ3) is 13.3. The van der Waals surface area contributed by atoms with Gasteiger partial charge in [0.1, 0.15) is 5.75 Å². The number of nitrogens with one attached hydrogen (secondary N) is 2. The molecule has 0 unspecified atom stereocenters. The molecule has 0 spiro atoms.